The number of para-hydroxylation sites is 1. The molecule has 0 radical (unpaired) electrons. The lowest BCUT2D eigenvalue weighted by Crippen LogP contribution is -2.21. The SMILES string of the molecule is COC(=O)CCSc1cccc(Cl)c1CNNc1ccccc1. The molecule has 0 aromatic heterocycles. The molecule has 6 heteroatoms. The van der Waals surface area contributed by atoms with Crippen LogP contribution in [0, 0.1) is 0 Å². The van der Waals surface area contributed by atoms with Crippen molar-refractivity contribution in [3.8, 4) is 0 Å². The van der Waals surface area contributed by atoms with E-state index in [1.807, 2.05) is 48.5 Å². The highest BCUT2D eigenvalue weighted by Gasteiger charge is 2.09. The number of hydrazine groups is 1. The number of halogens is 1. The molecule has 4 nitrogen and oxygen atoms in total. The molecule has 0 heterocycles. The number of rotatable bonds is 8. The van der Waals surface area contributed by atoms with E-state index in [0.29, 0.717) is 23.7 Å². The molecule has 0 amide bonds. The number of thioether (sulfide) groups is 1. The lowest BCUT2D eigenvalue weighted by molar-refractivity contribution is -0.140. The van der Waals surface area contributed by atoms with Gasteiger partial charge in [0.05, 0.1) is 13.5 Å². The van der Waals surface area contributed by atoms with Gasteiger partial charge in [-0.15, -0.1) is 11.8 Å². The first-order valence-corrected chi connectivity index (χ1v) is 8.58. The first-order valence-electron chi connectivity index (χ1n) is 7.21. The molecule has 0 bridgehead atoms. The number of carbonyl (C=O) groups is 1. The van der Waals surface area contributed by atoms with Gasteiger partial charge in [-0.2, -0.15) is 0 Å². The Balaban J connectivity index is 1.93. The van der Waals surface area contributed by atoms with Crippen molar-refractivity contribution in [1.29, 1.82) is 0 Å². The zero-order valence-electron chi connectivity index (χ0n) is 12.8. The normalized spacial score (nSPS) is 10.3. The van der Waals surface area contributed by atoms with Crippen LogP contribution in [-0.4, -0.2) is 18.8 Å². The van der Waals surface area contributed by atoms with E-state index < -0.39 is 0 Å². The van der Waals surface area contributed by atoms with Crippen LogP contribution in [0.4, 0.5) is 5.69 Å². The number of hydrogen-bond donors (Lipinski definition) is 2. The molecule has 0 saturated carbocycles. The van der Waals surface area contributed by atoms with Crippen LogP contribution in [0.1, 0.15) is 12.0 Å². The minimum Gasteiger partial charge on any atom is -0.469 e. The molecular formula is C17H19ClN2O2S. The average molecular weight is 351 g/mol. The average Bonchev–Trinajstić information content (AvgIpc) is 2.58. The van der Waals surface area contributed by atoms with E-state index in [9.17, 15) is 4.79 Å². The maximum atomic E-state index is 11.2. The Kier molecular flexibility index (Phi) is 7.26. The van der Waals surface area contributed by atoms with Gasteiger partial charge < -0.3 is 10.2 Å². The summed E-state index contributed by atoms with van der Waals surface area (Å²) in [5, 5.41) is 0.704. The van der Waals surface area contributed by atoms with Crippen molar-refractivity contribution >= 4 is 35.0 Å². The quantitative estimate of drug-likeness (QED) is 0.426. The fourth-order valence-electron chi connectivity index (χ4n) is 1.95. The highest BCUT2D eigenvalue weighted by atomic mass is 35.5. The molecule has 2 aromatic rings. The summed E-state index contributed by atoms with van der Waals surface area (Å²) in [5.74, 6) is 0.455. The summed E-state index contributed by atoms with van der Waals surface area (Å²) in [6, 6.07) is 15.6. The molecule has 2 aromatic carbocycles. The lowest BCUT2D eigenvalue weighted by Gasteiger charge is -2.13. The molecule has 0 aliphatic carbocycles. The van der Waals surface area contributed by atoms with Crippen molar-refractivity contribution in [1.82, 2.24) is 5.43 Å². The van der Waals surface area contributed by atoms with Crippen molar-refractivity contribution in [2.75, 3.05) is 18.3 Å². The number of nitrogens with one attached hydrogen (secondary N) is 2. The second kappa shape index (κ2) is 9.45. The van der Waals surface area contributed by atoms with Crippen LogP contribution in [0.3, 0.4) is 0 Å². The predicted molar refractivity (Wildman–Crippen MR) is 95.7 cm³/mol. The minimum atomic E-state index is -0.204. The van der Waals surface area contributed by atoms with Gasteiger partial charge >= 0.3 is 5.97 Å². The third kappa shape index (κ3) is 5.78. The van der Waals surface area contributed by atoms with Gasteiger partial charge in [0.2, 0.25) is 0 Å². The Morgan fingerprint density at radius 2 is 1.96 bits per heavy atom. The maximum absolute atomic E-state index is 11.2. The molecule has 122 valence electrons. The molecule has 0 saturated heterocycles. The first-order chi connectivity index (χ1) is 11.2. The van der Waals surface area contributed by atoms with Crippen molar-refractivity contribution in [3.63, 3.8) is 0 Å². The minimum absolute atomic E-state index is 0.204. The topological polar surface area (TPSA) is 50.4 Å². The summed E-state index contributed by atoms with van der Waals surface area (Å²) in [6.45, 7) is 0.578. The van der Waals surface area contributed by atoms with Gasteiger partial charge in [0.25, 0.3) is 0 Å². The highest BCUT2D eigenvalue weighted by molar-refractivity contribution is 7.99. The van der Waals surface area contributed by atoms with Gasteiger partial charge in [0.1, 0.15) is 0 Å². The molecule has 2 rings (SSSR count). The largest absolute Gasteiger partial charge is 0.469 e. The molecule has 0 aliphatic heterocycles. The molecule has 2 N–H and O–H groups in total. The zero-order chi connectivity index (χ0) is 16.5. The van der Waals surface area contributed by atoms with E-state index in [-0.39, 0.29) is 5.97 Å². The Hall–Kier alpha value is -1.69. The summed E-state index contributed by atoms with van der Waals surface area (Å²) in [7, 11) is 1.40. The van der Waals surface area contributed by atoms with Crippen molar-refractivity contribution in [2.24, 2.45) is 0 Å². The number of esters is 1. The number of benzene rings is 2. The Bertz CT molecular complexity index is 638. The van der Waals surface area contributed by atoms with E-state index in [1.165, 1.54) is 7.11 Å². The number of carbonyl (C=O) groups excluding carboxylic acids is 1. The van der Waals surface area contributed by atoms with Crippen molar-refractivity contribution in [3.05, 3.63) is 59.1 Å². The smallest absolute Gasteiger partial charge is 0.306 e. The fourth-order valence-corrected chi connectivity index (χ4v) is 3.27. The Morgan fingerprint density at radius 3 is 2.70 bits per heavy atom. The molecule has 0 spiro atoms. The second-order valence-corrected chi connectivity index (χ2v) is 6.28. The number of hydrogen-bond acceptors (Lipinski definition) is 5. The Morgan fingerprint density at radius 1 is 1.17 bits per heavy atom. The van der Waals surface area contributed by atoms with Crippen LogP contribution in [0.2, 0.25) is 5.02 Å². The van der Waals surface area contributed by atoms with Gasteiger partial charge in [-0.3, -0.25) is 4.79 Å². The van der Waals surface area contributed by atoms with E-state index in [2.05, 4.69) is 15.6 Å². The van der Waals surface area contributed by atoms with Crippen molar-refractivity contribution < 1.29 is 9.53 Å². The molecular weight excluding hydrogens is 332 g/mol. The zero-order valence-corrected chi connectivity index (χ0v) is 14.4. The standard InChI is InChI=1S/C17H19ClN2O2S/c1-22-17(21)10-11-23-16-9-5-8-15(18)14(16)12-19-20-13-6-3-2-4-7-13/h2-9,19-20H,10-12H2,1H3. The second-order valence-electron chi connectivity index (χ2n) is 4.74. The van der Waals surface area contributed by atoms with Crippen LogP contribution in [-0.2, 0) is 16.1 Å². The first kappa shape index (κ1) is 17.7. The highest BCUT2D eigenvalue weighted by Crippen LogP contribution is 2.29. The van der Waals surface area contributed by atoms with E-state index >= 15 is 0 Å². The molecule has 0 atom stereocenters. The van der Waals surface area contributed by atoms with Crippen LogP contribution >= 0.6 is 23.4 Å². The van der Waals surface area contributed by atoms with Crippen LogP contribution < -0.4 is 10.9 Å². The van der Waals surface area contributed by atoms with Crippen LogP contribution in [0.15, 0.2) is 53.4 Å². The fraction of sp³-hybridized carbons (Fsp3) is 0.235. The van der Waals surface area contributed by atoms with Gasteiger partial charge in [0, 0.05) is 27.9 Å². The number of ether oxygens (including phenoxy) is 1. The van der Waals surface area contributed by atoms with Crippen molar-refractivity contribution in [2.45, 2.75) is 17.9 Å². The monoisotopic (exact) mass is 350 g/mol. The summed E-state index contributed by atoms with van der Waals surface area (Å²) >= 11 is 7.91. The molecule has 0 aliphatic rings. The van der Waals surface area contributed by atoms with Gasteiger partial charge in [-0.1, -0.05) is 35.9 Å². The third-order valence-corrected chi connectivity index (χ3v) is 4.59. The van der Waals surface area contributed by atoms with Gasteiger partial charge in [0.15, 0.2) is 0 Å². The third-order valence-electron chi connectivity index (χ3n) is 3.14. The number of anilines is 1. The number of methoxy groups -OCH3 is 1. The van der Waals surface area contributed by atoms with Crippen LogP contribution in [0.25, 0.3) is 0 Å². The maximum Gasteiger partial charge on any atom is 0.306 e. The van der Waals surface area contributed by atoms with Crippen LogP contribution in [0.5, 0.6) is 0 Å². The molecule has 0 fully saturated rings. The van der Waals surface area contributed by atoms with E-state index in [4.69, 9.17) is 11.6 Å². The van der Waals surface area contributed by atoms with E-state index in [0.717, 1.165) is 16.1 Å². The summed E-state index contributed by atoms with van der Waals surface area (Å²) in [4.78, 5) is 12.3. The Labute approximate surface area is 145 Å². The van der Waals surface area contributed by atoms with Gasteiger partial charge in [-0.25, -0.2) is 5.43 Å². The summed E-state index contributed by atoms with van der Waals surface area (Å²) in [5.41, 5.74) is 8.30. The predicted octanol–water partition coefficient (Wildman–Crippen LogP) is 4.11. The summed E-state index contributed by atoms with van der Waals surface area (Å²) < 4.78 is 4.66. The van der Waals surface area contributed by atoms with Gasteiger partial charge in [-0.05, 0) is 29.8 Å². The lowest BCUT2D eigenvalue weighted by atomic mass is 10.2. The van der Waals surface area contributed by atoms with E-state index in [1.54, 1.807) is 11.8 Å². The molecule has 23 heavy (non-hydrogen) atoms. The molecule has 0 unspecified atom stereocenters. The summed E-state index contributed by atoms with van der Waals surface area (Å²) in [6.07, 6.45) is 0.378.